The normalized spacial score (nSPS) is 12.2. The topological polar surface area (TPSA) is 73.9 Å². The van der Waals surface area contributed by atoms with Gasteiger partial charge in [0.2, 0.25) is 0 Å². The number of benzene rings is 2. The lowest BCUT2D eigenvalue weighted by molar-refractivity contribution is -0.695. The van der Waals surface area contributed by atoms with Gasteiger partial charge < -0.3 is 0 Å². The molecule has 2 heterocycles. The minimum absolute atomic E-state index is 0.457. The number of aromatic amines is 2. The molecule has 2 aromatic heterocycles. The highest BCUT2D eigenvalue weighted by molar-refractivity contribution is 7.71. The maximum Gasteiger partial charge on any atom is 0.392 e. The van der Waals surface area contributed by atoms with E-state index in [2.05, 4.69) is 34.2 Å². The van der Waals surface area contributed by atoms with Crippen molar-refractivity contribution in [2.24, 2.45) is 10.2 Å². The highest BCUT2D eigenvalue weighted by Gasteiger charge is 2.27. The Labute approximate surface area is 232 Å². The second kappa shape index (κ2) is 13.5. The molecule has 2 aromatic carbocycles. The number of rotatable bonds is 11. The van der Waals surface area contributed by atoms with Crippen molar-refractivity contribution in [3.05, 3.63) is 105 Å². The van der Waals surface area contributed by atoms with Crippen LogP contribution in [-0.2, 0) is 12.8 Å². The molecule has 10 heteroatoms. The number of nitrogens with one attached hydrogen (secondary N) is 2. The van der Waals surface area contributed by atoms with Gasteiger partial charge in [0, 0.05) is 37.3 Å². The number of hydrogen-bond donors (Lipinski definition) is 2. The van der Waals surface area contributed by atoms with E-state index in [9.17, 15) is 0 Å². The van der Waals surface area contributed by atoms with E-state index in [0.29, 0.717) is 9.54 Å². The van der Waals surface area contributed by atoms with E-state index in [1.165, 1.54) is 0 Å². The molecule has 0 fully saturated rings. The molecule has 0 amide bonds. The van der Waals surface area contributed by atoms with Crippen molar-refractivity contribution < 1.29 is 9.35 Å². The minimum Gasteiger partial charge on any atom is -0.122 e. The maximum absolute atomic E-state index is 5.80. The third kappa shape index (κ3) is 6.64. The summed E-state index contributed by atoms with van der Waals surface area (Å²) in [6.07, 6.45) is 14.7. The van der Waals surface area contributed by atoms with E-state index in [1.54, 1.807) is 31.4 Å². The second-order valence-electron chi connectivity index (χ2n) is 8.50. The van der Waals surface area contributed by atoms with Crippen molar-refractivity contribution in [2.45, 2.75) is 39.5 Å². The van der Waals surface area contributed by atoms with E-state index in [-0.39, 0.29) is 0 Å². The van der Waals surface area contributed by atoms with E-state index in [1.807, 2.05) is 85.0 Å². The summed E-state index contributed by atoms with van der Waals surface area (Å²) in [5.74, 6) is 1.74. The lowest BCUT2D eigenvalue weighted by atomic mass is 10.2. The number of aryl methyl sites for hydroxylation is 2. The molecular weight excluding hydrogens is 512 g/mol. The van der Waals surface area contributed by atoms with Crippen LogP contribution in [-0.4, -0.2) is 32.2 Å². The quantitative estimate of drug-likeness (QED) is 0.153. The summed E-state index contributed by atoms with van der Waals surface area (Å²) in [7, 11) is 0. The molecule has 194 valence electrons. The van der Waals surface area contributed by atoms with Crippen molar-refractivity contribution in [3.8, 4) is 0 Å². The minimum atomic E-state index is 0.457. The predicted octanol–water partition coefficient (Wildman–Crippen LogP) is 5.29. The first-order valence-electron chi connectivity index (χ1n) is 12.7. The predicted molar refractivity (Wildman–Crippen MR) is 157 cm³/mol. The number of hydrogen-bond acceptors (Lipinski definition) is 4. The van der Waals surface area contributed by atoms with Gasteiger partial charge in [0.25, 0.3) is 11.6 Å². The van der Waals surface area contributed by atoms with Gasteiger partial charge in [0.15, 0.2) is 0 Å². The average Bonchev–Trinajstić information content (AvgIpc) is 3.41. The van der Waals surface area contributed by atoms with Gasteiger partial charge in [0.05, 0.1) is 22.0 Å². The van der Waals surface area contributed by atoms with Gasteiger partial charge in [0.1, 0.15) is 0 Å². The first-order valence-corrected chi connectivity index (χ1v) is 13.5. The van der Waals surface area contributed by atoms with Crippen molar-refractivity contribution in [1.29, 1.82) is 0 Å². The third-order valence-corrected chi connectivity index (χ3v) is 6.28. The van der Waals surface area contributed by atoms with Crippen LogP contribution in [0.2, 0.25) is 0 Å². The Bertz CT molecular complexity index is 1450. The SMILES string of the molecule is CCCc1[nH]n(-n2[nH]c(CCC)[n+](/N=C/C=C/c3ccccc3)c2=S)c(=S)[n+]1/N=C/C=C/c1ccccc1. The first-order chi connectivity index (χ1) is 18.6. The summed E-state index contributed by atoms with van der Waals surface area (Å²) in [6.45, 7) is 4.23. The van der Waals surface area contributed by atoms with Gasteiger partial charge in [-0.25, -0.2) is 0 Å². The second-order valence-corrected chi connectivity index (χ2v) is 9.23. The van der Waals surface area contributed by atoms with Gasteiger partial charge in [-0.15, -0.1) is 20.4 Å². The fraction of sp³-hybridized carbons (Fsp3) is 0.214. The molecule has 0 spiro atoms. The fourth-order valence-electron chi connectivity index (χ4n) is 3.80. The Morgan fingerprint density at radius 3 is 1.45 bits per heavy atom. The van der Waals surface area contributed by atoms with Crippen molar-refractivity contribution in [1.82, 2.24) is 19.8 Å². The van der Waals surface area contributed by atoms with Crippen LogP contribution < -0.4 is 9.35 Å². The Hall–Kier alpha value is -4.02. The smallest absolute Gasteiger partial charge is 0.122 e. The zero-order chi connectivity index (χ0) is 26.7. The molecule has 0 aliphatic heterocycles. The van der Waals surface area contributed by atoms with Crippen LogP contribution in [0, 0.1) is 9.54 Å². The molecule has 8 nitrogen and oxygen atoms in total. The third-order valence-electron chi connectivity index (χ3n) is 5.59. The van der Waals surface area contributed by atoms with Gasteiger partial charge in [-0.3, -0.25) is 0 Å². The summed E-state index contributed by atoms with van der Waals surface area (Å²) in [5.41, 5.74) is 2.20. The first kappa shape index (κ1) is 27.0. The summed E-state index contributed by atoms with van der Waals surface area (Å²) >= 11 is 11.6. The van der Waals surface area contributed by atoms with E-state index in [0.717, 1.165) is 48.5 Å². The van der Waals surface area contributed by atoms with Crippen molar-refractivity contribution >= 4 is 49.0 Å². The van der Waals surface area contributed by atoms with Gasteiger partial charge in [-0.1, -0.05) is 96.0 Å². The summed E-state index contributed by atoms with van der Waals surface area (Å²) in [5, 5.41) is 15.9. The van der Waals surface area contributed by atoms with Crippen LogP contribution in [0.1, 0.15) is 49.5 Å². The van der Waals surface area contributed by atoms with Crippen LogP contribution in [0.5, 0.6) is 0 Å². The Morgan fingerprint density at radius 2 is 1.08 bits per heavy atom. The van der Waals surface area contributed by atoms with Crippen LogP contribution >= 0.6 is 24.4 Å². The van der Waals surface area contributed by atoms with Crippen molar-refractivity contribution in [3.63, 3.8) is 0 Å². The summed E-state index contributed by atoms with van der Waals surface area (Å²) < 4.78 is 4.37. The Kier molecular flexibility index (Phi) is 9.60. The molecule has 0 aliphatic carbocycles. The molecule has 0 saturated heterocycles. The van der Waals surface area contributed by atoms with Crippen LogP contribution in [0.15, 0.2) is 83.0 Å². The molecule has 0 unspecified atom stereocenters. The van der Waals surface area contributed by atoms with Crippen LogP contribution in [0.3, 0.4) is 0 Å². The standard InChI is InChI=1S/C28H30N8S2/c1-3-13-25-31-35(27(37)33(25)29-21-11-19-23-15-7-5-8-16-23)36-28(38)34(26(32-36)14-4-2)30-22-12-20-24-17-9-6-10-18-24/h5-12,15-22H,3-4,13-14H2,1-2H3/p+2/b19-11+,20-12+,29-21+,30-22+. The molecule has 0 atom stereocenters. The van der Waals surface area contributed by atoms with Gasteiger partial charge in [-0.2, -0.15) is 0 Å². The van der Waals surface area contributed by atoms with Crippen LogP contribution in [0.4, 0.5) is 0 Å². The molecule has 2 N–H and O–H groups in total. The Morgan fingerprint density at radius 1 is 0.684 bits per heavy atom. The maximum atomic E-state index is 5.80. The van der Waals surface area contributed by atoms with E-state index >= 15 is 0 Å². The Balaban J connectivity index is 1.66. The fourth-order valence-corrected chi connectivity index (χ4v) is 4.37. The number of allylic oxidation sites excluding steroid dienone is 2. The molecule has 0 aliphatic rings. The molecule has 4 rings (SSSR count). The largest absolute Gasteiger partial charge is 0.392 e. The zero-order valence-electron chi connectivity index (χ0n) is 21.6. The molecule has 0 radical (unpaired) electrons. The molecule has 4 aromatic rings. The molecular formula is C28H32N8S2+2. The van der Waals surface area contributed by atoms with Crippen molar-refractivity contribution in [2.75, 3.05) is 0 Å². The average molecular weight is 545 g/mol. The van der Waals surface area contributed by atoms with Gasteiger partial charge >= 0.3 is 9.54 Å². The monoisotopic (exact) mass is 544 g/mol. The summed E-state index contributed by atoms with van der Waals surface area (Å²) in [6, 6.07) is 20.2. The summed E-state index contributed by atoms with van der Waals surface area (Å²) in [4.78, 5) is 3.40. The number of H-pyrrole nitrogens is 2. The highest BCUT2D eigenvalue weighted by Crippen LogP contribution is 2.03. The van der Waals surface area contributed by atoms with Crippen LogP contribution in [0.25, 0.3) is 12.2 Å². The number of aromatic nitrogens is 6. The highest BCUT2D eigenvalue weighted by atomic mass is 32.1. The molecule has 38 heavy (non-hydrogen) atoms. The zero-order valence-corrected chi connectivity index (χ0v) is 23.2. The lowest BCUT2D eigenvalue weighted by Gasteiger charge is -1.90. The lowest BCUT2D eigenvalue weighted by Crippen LogP contribution is -2.34. The molecule has 0 bridgehead atoms. The van der Waals surface area contributed by atoms with E-state index in [4.69, 9.17) is 24.4 Å². The van der Waals surface area contributed by atoms with Gasteiger partial charge in [-0.05, 0) is 36.1 Å². The number of nitrogens with zero attached hydrogens (tertiary/aromatic N) is 6. The molecule has 0 saturated carbocycles. The van der Waals surface area contributed by atoms with E-state index < -0.39 is 0 Å².